The maximum absolute atomic E-state index is 3.03. The van der Waals surface area contributed by atoms with E-state index in [1.54, 1.807) is 11.8 Å². The monoisotopic (exact) mass is 84.0 g/mol. The fourth-order valence-electron chi connectivity index (χ4n) is 0.255. The molecule has 1 heteroatoms. The Balaban J connectivity index is 2.08. The van der Waals surface area contributed by atoms with E-state index in [1.807, 2.05) is 0 Å². The third-order valence-corrected chi connectivity index (χ3v) is 1.17. The molecule has 0 aromatic rings. The summed E-state index contributed by atoms with van der Waals surface area (Å²) in [6.07, 6.45) is 2.20. The predicted molar refractivity (Wildman–Crippen MR) is 23.3 cm³/mol. The lowest BCUT2D eigenvalue weighted by atomic mass is 10.4. The van der Waals surface area contributed by atoms with Crippen LogP contribution in [0, 0.1) is 11.5 Å². The molecule has 5 heavy (non-hydrogen) atoms. The van der Waals surface area contributed by atoms with E-state index in [4.69, 9.17) is 0 Å². The summed E-state index contributed by atoms with van der Waals surface area (Å²) >= 11 is 1.57. The molecule has 1 aliphatic rings. The second-order valence-electron chi connectivity index (χ2n) is 0.891. The highest BCUT2D eigenvalue weighted by atomic mass is 32.2. The third kappa shape index (κ3) is 0.839. The van der Waals surface area contributed by atoms with Gasteiger partial charge in [-0.2, -0.15) is 0 Å². The van der Waals surface area contributed by atoms with Crippen molar-refractivity contribution in [2.75, 3.05) is 0 Å². The van der Waals surface area contributed by atoms with Crippen LogP contribution in [0.2, 0.25) is 0 Å². The maximum Gasteiger partial charge on any atom is 0.0488 e. The number of hydrogen-bond donors (Lipinski definition) is 0. The minimum atomic E-state index is 1.10. The summed E-state index contributed by atoms with van der Waals surface area (Å²) in [7, 11) is 0. The van der Waals surface area contributed by atoms with Gasteiger partial charge >= 0.3 is 0 Å². The second-order valence-corrected chi connectivity index (χ2v) is 1.67. The Bertz CT molecular complexity index is 15.2. The largest absolute Gasteiger partial charge is 0.142 e. The van der Waals surface area contributed by atoms with E-state index >= 15 is 0 Å². The Morgan fingerprint density at radius 1 is 1.20 bits per heavy atom. The number of rotatable bonds is 0. The van der Waals surface area contributed by atoms with Crippen LogP contribution >= 0.6 is 11.8 Å². The molecular formula is C4H4S. The van der Waals surface area contributed by atoms with Crippen LogP contribution in [0.5, 0.6) is 0 Å². The van der Waals surface area contributed by atoms with Gasteiger partial charge in [-0.15, -0.1) is 11.8 Å². The van der Waals surface area contributed by atoms with Crippen LogP contribution in [0.15, 0.2) is 0 Å². The van der Waals surface area contributed by atoms with Crippen LogP contribution in [0.25, 0.3) is 0 Å². The van der Waals surface area contributed by atoms with Crippen molar-refractivity contribution in [2.24, 2.45) is 0 Å². The van der Waals surface area contributed by atoms with Crippen LogP contribution < -0.4 is 0 Å². The van der Waals surface area contributed by atoms with Gasteiger partial charge in [0.15, 0.2) is 0 Å². The first kappa shape index (κ1) is 3.54. The summed E-state index contributed by atoms with van der Waals surface area (Å²) < 4.78 is 0. The lowest BCUT2D eigenvalue weighted by Crippen LogP contribution is -1.49. The molecule has 0 aliphatic carbocycles. The van der Waals surface area contributed by atoms with E-state index in [0.717, 1.165) is 12.8 Å². The van der Waals surface area contributed by atoms with Crippen molar-refractivity contribution < 1.29 is 0 Å². The van der Waals surface area contributed by atoms with Crippen LogP contribution in [-0.4, -0.2) is 0 Å². The first-order valence-electron chi connectivity index (χ1n) is 1.62. The Hall–Kier alpha value is 0.350. The third-order valence-electron chi connectivity index (χ3n) is 0.473. The summed E-state index contributed by atoms with van der Waals surface area (Å²) in [6.45, 7) is 0. The highest BCUT2D eigenvalue weighted by Gasteiger charge is 1.98. The van der Waals surface area contributed by atoms with Gasteiger partial charge in [0.05, 0.1) is 0 Å². The van der Waals surface area contributed by atoms with Crippen molar-refractivity contribution in [3.8, 4) is 0 Å². The van der Waals surface area contributed by atoms with E-state index in [2.05, 4.69) is 11.5 Å². The zero-order valence-electron chi connectivity index (χ0n) is 2.82. The van der Waals surface area contributed by atoms with Crippen LogP contribution in [-0.2, 0) is 0 Å². The molecule has 26 valence electrons. The molecule has 0 amide bonds. The van der Waals surface area contributed by atoms with Crippen molar-refractivity contribution in [3.05, 3.63) is 11.5 Å². The first-order valence-corrected chi connectivity index (χ1v) is 2.43. The number of hydrogen-bond acceptors (Lipinski definition) is 1. The Kier molecular flexibility index (Phi) is 1.21. The minimum Gasteiger partial charge on any atom is -0.142 e. The number of thioether (sulfide) groups is 1. The molecule has 0 spiro atoms. The van der Waals surface area contributed by atoms with E-state index in [9.17, 15) is 0 Å². The maximum atomic E-state index is 3.03. The fourth-order valence-corrected chi connectivity index (χ4v) is 0.765. The van der Waals surface area contributed by atoms with Crippen molar-refractivity contribution in [1.29, 1.82) is 0 Å². The minimum absolute atomic E-state index is 1.10. The molecule has 0 N–H and O–H groups in total. The average molecular weight is 84.1 g/mol. The second kappa shape index (κ2) is 1.71. The van der Waals surface area contributed by atoms with Gasteiger partial charge in [-0.1, -0.05) is 0 Å². The molecule has 1 heterocycles. The van der Waals surface area contributed by atoms with Crippen molar-refractivity contribution in [2.45, 2.75) is 12.8 Å². The van der Waals surface area contributed by atoms with E-state index in [1.165, 1.54) is 0 Å². The Labute approximate surface area is 37.0 Å². The smallest absolute Gasteiger partial charge is 0.0488 e. The van der Waals surface area contributed by atoms with Gasteiger partial charge < -0.3 is 0 Å². The highest BCUT2D eigenvalue weighted by Crippen LogP contribution is 2.25. The van der Waals surface area contributed by atoms with Gasteiger partial charge in [0.1, 0.15) is 0 Å². The van der Waals surface area contributed by atoms with Crippen LogP contribution in [0.4, 0.5) is 0 Å². The van der Waals surface area contributed by atoms with Crippen LogP contribution in [0.1, 0.15) is 12.8 Å². The lowest BCUT2D eigenvalue weighted by Gasteiger charge is -1.65. The topological polar surface area (TPSA) is 0 Å². The standard InChI is InChI=1S/C4H4S/c1-2-4-5-3-1/h1-2H2. The molecule has 1 aliphatic heterocycles. The summed E-state index contributed by atoms with van der Waals surface area (Å²) in [6, 6.07) is 0. The fraction of sp³-hybridized carbons (Fsp3) is 0.500. The molecule has 1 saturated heterocycles. The normalized spacial score (nSPS) is 24.0. The predicted octanol–water partition coefficient (Wildman–Crippen LogP) is 1.59. The SMILES string of the molecule is [C]1CC[C]S1. The molecule has 0 aromatic heterocycles. The zero-order chi connectivity index (χ0) is 3.54. The molecule has 0 atom stereocenters. The van der Waals surface area contributed by atoms with Crippen molar-refractivity contribution >= 4 is 11.8 Å². The zero-order valence-corrected chi connectivity index (χ0v) is 3.64. The molecule has 0 aromatic carbocycles. The van der Waals surface area contributed by atoms with Gasteiger partial charge in [0.25, 0.3) is 0 Å². The molecule has 1 fully saturated rings. The molecule has 1 rings (SSSR count). The van der Waals surface area contributed by atoms with Crippen molar-refractivity contribution in [3.63, 3.8) is 0 Å². The molecule has 0 bridgehead atoms. The van der Waals surface area contributed by atoms with Gasteiger partial charge in [0.2, 0.25) is 0 Å². The van der Waals surface area contributed by atoms with Crippen LogP contribution in [0.3, 0.4) is 0 Å². The van der Waals surface area contributed by atoms with Crippen molar-refractivity contribution in [1.82, 2.24) is 0 Å². The summed E-state index contributed by atoms with van der Waals surface area (Å²) in [5.74, 6) is 6.06. The summed E-state index contributed by atoms with van der Waals surface area (Å²) in [5.41, 5.74) is 0. The van der Waals surface area contributed by atoms with Gasteiger partial charge in [-0.3, -0.25) is 0 Å². The molecule has 0 unspecified atom stereocenters. The van der Waals surface area contributed by atoms with Gasteiger partial charge in [-0.05, 0) is 12.8 Å². The summed E-state index contributed by atoms with van der Waals surface area (Å²) in [5, 5.41) is 0. The van der Waals surface area contributed by atoms with Gasteiger partial charge in [0, 0.05) is 11.5 Å². The van der Waals surface area contributed by atoms with Gasteiger partial charge in [-0.25, -0.2) is 0 Å². The highest BCUT2D eigenvalue weighted by molar-refractivity contribution is 8.03. The van der Waals surface area contributed by atoms with E-state index < -0.39 is 0 Å². The molecular weight excluding hydrogens is 80.1 g/mol. The average Bonchev–Trinajstić information content (AvgIpc) is 1.76. The quantitative estimate of drug-likeness (QED) is 0.429. The van der Waals surface area contributed by atoms with E-state index in [-0.39, 0.29) is 0 Å². The lowest BCUT2D eigenvalue weighted by molar-refractivity contribution is 1.05. The molecule has 0 nitrogen and oxygen atoms in total. The molecule has 0 saturated carbocycles. The van der Waals surface area contributed by atoms with E-state index in [0.29, 0.717) is 0 Å². The Morgan fingerprint density at radius 3 is 2.00 bits per heavy atom. The first-order chi connectivity index (χ1) is 2.50. The summed E-state index contributed by atoms with van der Waals surface area (Å²) in [4.78, 5) is 0. The Morgan fingerprint density at radius 2 is 1.80 bits per heavy atom. The molecule has 4 radical (unpaired) electrons.